The number of nitrogens with two attached hydrogens (primary N) is 1. The van der Waals surface area contributed by atoms with Gasteiger partial charge in [0.25, 0.3) is 0 Å². The lowest BCUT2D eigenvalue weighted by molar-refractivity contribution is 0.307. The topological polar surface area (TPSA) is 44.5 Å². The molecule has 0 aliphatic heterocycles. The fraction of sp³-hybridized carbons (Fsp3) is 0.250. The molecule has 0 bridgehead atoms. The van der Waals surface area contributed by atoms with Crippen LogP contribution in [0.1, 0.15) is 17.4 Å². The zero-order valence-corrected chi connectivity index (χ0v) is 12.2. The lowest BCUT2D eigenvalue weighted by atomic mass is 10.3. The van der Waals surface area contributed by atoms with Gasteiger partial charge >= 0.3 is 0 Å². The molecule has 3 nitrogen and oxygen atoms in total. The summed E-state index contributed by atoms with van der Waals surface area (Å²) >= 11 is 1.64. The quantitative estimate of drug-likeness (QED) is 0.860. The fourth-order valence-electron chi connectivity index (χ4n) is 1.63. The van der Waals surface area contributed by atoms with E-state index in [1.54, 1.807) is 11.3 Å². The van der Waals surface area contributed by atoms with Gasteiger partial charge in [-0.3, -0.25) is 0 Å². The molecule has 0 amide bonds. The first-order valence-electron chi connectivity index (χ1n) is 6.44. The van der Waals surface area contributed by atoms with Crippen molar-refractivity contribution in [3.63, 3.8) is 0 Å². The molecule has 2 aromatic rings. The van der Waals surface area contributed by atoms with E-state index in [2.05, 4.69) is 11.8 Å². The average molecular weight is 287 g/mol. The highest BCUT2D eigenvalue weighted by molar-refractivity contribution is 7.10. The molecule has 0 saturated carbocycles. The Hall–Kier alpha value is -1.96. The second kappa shape index (κ2) is 7.59. The van der Waals surface area contributed by atoms with Crippen molar-refractivity contribution in [1.29, 1.82) is 0 Å². The molecule has 2 N–H and O–H groups in total. The van der Waals surface area contributed by atoms with Crippen molar-refractivity contribution in [3.05, 3.63) is 46.2 Å². The predicted molar refractivity (Wildman–Crippen MR) is 82.2 cm³/mol. The molecule has 1 aromatic heterocycles. The van der Waals surface area contributed by atoms with Gasteiger partial charge in [-0.05, 0) is 37.3 Å². The van der Waals surface area contributed by atoms with Crippen molar-refractivity contribution < 1.29 is 9.47 Å². The molecule has 4 heteroatoms. The highest BCUT2D eigenvalue weighted by Gasteiger charge is 2.00. The summed E-state index contributed by atoms with van der Waals surface area (Å²) in [6.45, 7) is 3.56. The zero-order valence-electron chi connectivity index (χ0n) is 11.4. The van der Waals surface area contributed by atoms with Crippen LogP contribution in [-0.2, 0) is 6.61 Å². The number of thiophene rings is 1. The van der Waals surface area contributed by atoms with Gasteiger partial charge in [0, 0.05) is 15.8 Å². The van der Waals surface area contributed by atoms with E-state index < -0.39 is 0 Å². The fourth-order valence-corrected chi connectivity index (χ4v) is 2.36. The summed E-state index contributed by atoms with van der Waals surface area (Å²) in [4.78, 5) is 1.14. The number of hydrogen-bond acceptors (Lipinski definition) is 4. The summed E-state index contributed by atoms with van der Waals surface area (Å²) in [5.74, 6) is 7.53. The van der Waals surface area contributed by atoms with Gasteiger partial charge in [-0.1, -0.05) is 11.8 Å². The Kier molecular flexibility index (Phi) is 5.48. The molecule has 0 atom stereocenters. The molecule has 0 fully saturated rings. The Morgan fingerprint density at radius 2 is 1.85 bits per heavy atom. The first-order valence-corrected chi connectivity index (χ1v) is 7.31. The van der Waals surface area contributed by atoms with Gasteiger partial charge in [-0.15, -0.1) is 11.3 Å². The molecule has 0 aliphatic carbocycles. The highest BCUT2D eigenvalue weighted by atomic mass is 32.1. The summed E-state index contributed by atoms with van der Waals surface area (Å²) in [7, 11) is 0. The van der Waals surface area contributed by atoms with Crippen molar-refractivity contribution in [3.8, 4) is 23.3 Å². The minimum Gasteiger partial charge on any atom is -0.494 e. The molecule has 2 rings (SSSR count). The lowest BCUT2D eigenvalue weighted by Gasteiger charge is -2.06. The van der Waals surface area contributed by atoms with E-state index >= 15 is 0 Å². The Balaban J connectivity index is 1.89. The molecule has 1 aromatic carbocycles. The molecule has 0 spiro atoms. The van der Waals surface area contributed by atoms with Gasteiger partial charge in [0.2, 0.25) is 0 Å². The Bertz CT molecular complexity index is 593. The zero-order chi connectivity index (χ0) is 14.2. The van der Waals surface area contributed by atoms with E-state index in [0.29, 0.717) is 19.8 Å². The SMILES string of the molecule is CCOc1ccc(OCc2cc(C#CCN)cs2)cc1. The lowest BCUT2D eigenvalue weighted by Crippen LogP contribution is -1.94. The van der Waals surface area contributed by atoms with Crippen LogP contribution in [0.15, 0.2) is 35.7 Å². The summed E-state index contributed by atoms with van der Waals surface area (Å²) < 4.78 is 11.1. The monoisotopic (exact) mass is 287 g/mol. The molecule has 104 valence electrons. The van der Waals surface area contributed by atoms with Gasteiger partial charge in [0.05, 0.1) is 13.2 Å². The average Bonchev–Trinajstić information content (AvgIpc) is 2.93. The molecule has 0 radical (unpaired) electrons. The maximum atomic E-state index is 5.72. The minimum absolute atomic E-state index is 0.383. The van der Waals surface area contributed by atoms with Crippen molar-refractivity contribution in [1.82, 2.24) is 0 Å². The van der Waals surface area contributed by atoms with Crippen LogP contribution in [-0.4, -0.2) is 13.2 Å². The molecule has 0 unspecified atom stereocenters. The van der Waals surface area contributed by atoms with Crippen LogP contribution in [0, 0.1) is 11.8 Å². The molecular weight excluding hydrogens is 270 g/mol. The third-order valence-corrected chi connectivity index (χ3v) is 3.41. The molecule has 0 aliphatic rings. The van der Waals surface area contributed by atoms with Crippen LogP contribution < -0.4 is 15.2 Å². The molecular formula is C16H17NO2S. The summed E-state index contributed by atoms with van der Waals surface area (Å²) in [5.41, 5.74) is 6.34. The number of hydrogen-bond donors (Lipinski definition) is 1. The number of ether oxygens (including phenoxy) is 2. The van der Waals surface area contributed by atoms with Crippen LogP contribution in [0.4, 0.5) is 0 Å². The van der Waals surface area contributed by atoms with E-state index in [0.717, 1.165) is 21.9 Å². The third kappa shape index (κ3) is 4.30. The van der Waals surface area contributed by atoms with Crippen molar-refractivity contribution in [2.24, 2.45) is 5.73 Å². The second-order valence-corrected chi connectivity index (χ2v) is 5.00. The number of rotatable bonds is 5. The maximum Gasteiger partial charge on any atom is 0.122 e. The highest BCUT2D eigenvalue weighted by Crippen LogP contribution is 2.20. The normalized spacial score (nSPS) is 9.70. The van der Waals surface area contributed by atoms with Crippen LogP contribution in [0.3, 0.4) is 0 Å². The van der Waals surface area contributed by atoms with Crippen LogP contribution in [0.25, 0.3) is 0 Å². The van der Waals surface area contributed by atoms with Crippen molar-refractivity contribution >= 4 is 11.3 Å². The number of benzene rings is 1. The van der Waals surface area contributed by atoms with Crippen molar-refractivity contribution in [2.45, 2.75) is 13.5 Å². The molecule has 0 saturated heterocycles. The smallest absolute Gasteiger partial charge is 0.122 e. The van der Waals surface area contributed by atoms with E-state index in [1.807, 2.05) is 42.6 Å². The second-order valence-electron chi connectivity index (χ2n) is 4.00. The third-order valence-electron chi connectivity index (χ3n) is 2.50. The summed E-state index contributed by atoms with van der Waals surface area (Å²) in [6, 6.07) is 9.67. The first kappa shape index (κ1) is 14.4. The molecule has 1 heterocycles. The minimum atomic E-state index is 0.383. The van der Waals surface area contributed by atoms with E-state index in [9.17, 15) is 0 Å². The largest absolute Gasteiger partial charge is 0.494 e. The summed E-state index contributed by atoms with van der Waals surface area (Å²) in [5, 5.41) is 2.01. The van der Waals surface area contributed by atoms with Gasteiger partial charge in [0.1, 0.15) is 18.1 Å². The van der Waals surface area contributed by atoms with Gasteiger partial charge in [0.15, 0.2) is 0 Å². The Morgan fingerprint density at radius 3 is 2.50 bits per heavy atom. The maximum absolute atomic E-state index is 5.72. The van der Waals surface area contributed by atoms with E-state index in [1.165, 1.54) is 0 Å². The van der Waals surface area contributed by atoms with Crippen LogP contribution in [0.2, 0.25) is 0 Å². The standard InChI is InChI=1S/C16H17NO2S/c1-2-18-14-5-7-15(8-6-14)19-11-16-10-13(12-20-16)4-3-9-17/h5-8,10,12H,2,9,11,17H2,1H3. The van der Waals surface area contributed by atoms with Crippen LogP contribution >= 0.6 is 11.3 Å². The van der Waals surface area contributed by atoms with Gasteiger partial charge < -0.3 is 15.2 Å². The van der Waals surface area contributed by atoms with Gasteiger partial charge in [-0.25, -0.2) is 0 Å². The summed E-state index contributed by atoms with van der Waals surface area (Å²) in [6.07, 6.45) is 0. The first-order chi connectivity index (χ1) is 9.81. The molecule has 20 heavy (non-hydrogen) atoms. The Labute approximate surface area is 123 Å². The predicted octanol–water partition coefficient (Wildman–Crippen LogP) is 3.04. The van der Waals surface area contributed by atoms with Crippen LogP contribution in [0.5, 0.6) is 11.5 Å². The van der Waals surface area contributed by atoms with E-state index in [-0.39, 0.29) is 0 Å². The van der Waals surface area contributed by atoms with Gasteiger partial charge in [-0.2, -0.15) is 0 Å². The van der Waals surface area contributed by atoms with E-state index in [4.69, 9.17) is 15.2 Å². The van der Waals surface area contributed by atoms with Crippen molar-refractivity contribution in [2.75, 3.05) is 13.2 Å². The Morgan fingerprint density at radius 1 is 1.15 bits per heavy atom.